The molecule has 3 nitrogen and oxygen atoms in total. The fourth-order valence-electron chi connectivity index (χ4n) is 3.46. The van der Waals surface area contributed by atoms with Gasteiger partial charge < -0.3 is 15.0 Å². The number of hydrogen-bond acceptors (Lipinski definition) is 2. The van der Waals surface area contributed by atoms with Gasteiger partial charge >= 0.3 is 0 Å². The summed E-state index contributed by atoms with van der Waals surface area (Å²) in [5, 5.41) is 4.87. The van der Waals surface area contributed by atoms with Crippen molar-refractivity contribution >= 4 is 26.8 Å². The van der Waals surface area contributed by atoms with E-state index in [1.54, 1.807) is 0 Å². The summed E-state index contributed by atoms with van der Waals surface area (Å²) in [6, 6.07) is 23.1. The summed E-state index contributed by atoms with van der Waals surface area (Å²) in [5.41, 5.74) is 6.14. The summed E-state index contributed by atoms with van der Waals surface area (Å²) in [5.74, 6) is 0.924. The summed E-state index contributed by atoms with van der Waals surface area (Å²) in [7, 11) is 0. The number of aryl methyl sites for hydroxylation is 1. The molecule has 3 aromatic carbocycles. The maximum atomic E-state index is 6.11. The molecule has 0 amide bonds. The van der Waals surface area contributed by atoms with Gasteiger partial charge in [0.15, 0.2) is 0 Å². The number of benzene rings is 3. The summed E-state index contributed by atoms with van der Waals surface area (Å²) < 4.78 is 7.18. The second-order valence-corrected chi connectivity index (χ2v) is 8.23. The maximum Gasteiger partial charge on any atom is 0.124 e. The van der Waals surface area contributed by atoms with Gasteiger partial charge in [-0.15, -0.1) is 0 Å². The molecule has 1 aromatic heterocycles. The van der Waals surface area contributed by atoms with Crippen LogP contribution in [-0.4, -0.2) is 11.5 Å². The van der Waals surface area contributed by atoms with E-state index in [-0.39, 0.29) is 0 Å². The second-order valence-electron chi connectivity index (χ2n) is 7.31. The standard InChI is InChI=1S/C25H25BrN2O/c1-18-6-8-19(9-7-18)17-29-25-11-10-22(26)14-21(25)15-27-13-12-20-16-28-24-5-3-2-4-23(20)24/h2-11,14,16,27-28H,12-13,15,17H2,1H3. The lowest BCUT2D eigenvalue weighted by Crippen LogP contribution is -2.17. The second kappa shape index (κ2) is 9.29. The van der Waals surface area contributed by atoms with Gasteiger partial charge in [-0.1, -0.05) is 64.0 Å². The molecule has 0 aliphatic carbocycles. The van der Waals surface area contributed by atoms with E-state index >= 15 is 0 Å². The molecule has 0 saturated heterocycles. The fraction of sp³-hybridized carbons (Fsp3) is 0.200. The van der Waals surface area contributed by atoms with Crippen molar-refractivity contribution < 1.29 is 4.74 Å². The van der Waals surface area contributed by atoms with Crippen LogP contribution in [0.1, 0.15) is 22.3 Å². The molecule has 0 saturated carbocycles. The van der Waals surface area contributed by atoms with Crippen LogP contribution in [-0.2, 0) is 19.6 Å². The number of para-hydroxylation sites is 1. The number of fused-ring (bicyclic) bond motifs is 1. The highest BCUT2D eigenvalue weighted by Crippen LogP contribution is 2.24. The summed E-state index contributed by atoms with van der Waals surface area (Å²) in [6.45, 7) is 4.35. The molecule has 0 aliphatic heterocycles. The van der Waals surface area contributed by atoms with Crippen molar-refractivity contribution in [1.29, 1.82) is 0 Å². The van der Waals surface area contributed by atoms with Crippen molar-refractivity contribution in [1.82, 2.24) is 10.3 Å². The number of ether oxygens (including phenoxy) is 1. The molecule has 2 N–H and O–H groups in total. The third kappa shape index (κ3) is 5.08. The monoisotopic (exact) mass is 448 g/mol. The Hall–Kier alpha value is -2.56. The van der Waals surface area contributed by atoms with Crippen molar-refractivity contribution in [3.63, 3.8) is 0 Å². The average molecular weight is 449 g/mol. The van der Waals surface area contributed by atoms with Crippen LogP contribution in [0, 0.1) is 6.92 Å². The van der Waals surface area contributed by atoms with Crippen LogP contribution in [0.25, 0.3) is 10.9 Å². The zero-order chi connectivity index (χ0) is 20.1. The minimum atomic E-state index is 0.574. The first-order valence-electron chi connectivity index (χ1n) is 9.91. The quantitative estimate of drug-likeness (QED) is 0.317. The third-order valence-corrected chi connectivity index (χ3v) is 5.59. The molecule has 0 atom stereocenters. The van der Waals surface area contributed by atoms with Crippen LogP contribution in [0.15, 0.2) is 77.4 Å². The van der Waals surface area contributed by atoms with Gasteiger partial charge in [0.25, 0.3) is 0 Å². The Kier molecular flexibility index (Phi) is 6.33. The highest BCUT2D eigenvalue weighted by Gasteiger charge is 2.07. The Labute approximate surface area is 180 Å². The Balaban J connectivity index is 1.35. The van der Waals surface area contributed by atoms with Crippen LogP contribution in [0.3, 0.4) is 0 Å². The van der Waals surface area contributed by atoms with Crippen LogP contribution in [0.5, 0.6) is 5.75 Å². The van der Waals surface area contributed by atoms with E-state index in [9.17, 15) is 0 Å². The Morgan fingerprint density at radius 2 is 1.79 bits per heavy atom. The first-order valence-corrected chi connectivity index (χ1v) is 10.7. The highest BCUT2D eigenvalue weighted by molar-refractivity contribution is 9.10. The molecule has 4 rings (SSSR count). The summed E-state index contributed by atoms with van der Waals surface area (Å²) in [4.78, 5) is 3.35. The number of H-pyrrole nitrogens is 1. The van der Waals surface area contributed by atoms with Gasteiger partial charge in [-0.25, -0.2) is 0 Å². The minimum Gasteiger partial charge on any atom is -0.489 e. The van der Waals surface area contributed by atoms with Gasteiger partial charge in [0.2, 0.25) is 0 Å². The molecule has 0 fully saturated rings. The van der Waals surface area contributed by atoms with Gasteiger partial charge in [0.1, 0.15) is 12.4 Å². The van der Waals surface area contributed by atoms with Gasteiger partial charge in [0, 0.05) is 33.7 Å². The van der Waals surface area contributed by atoms with Crippen molar-refractivity contribution in [3.05, 3.63) is 99.7 Å². The molecule has 148 valence electrons. The van der Waals surface area contributed by atoms with Gasteiger partial charge in [0.05, 0.1) is 0 Å². The summed E-state index contributed by atoms with van der Waals surface area (Å²) in [6.07, 6.45) is 3.10. The molecule has 0 bridgehead atoms. The molecule has 4 heteroatoms. The van der Waals surface area contributed by atoms with Crippen molar-refractivity contribution in [3.8, 4) is 5.75 Å². The summed E-state index contributed by atoms with van der Waals surface area (Å²) >= 11 is 3.58. The molecule has 0 aliphatic rings. The lowest BCUT2D eigenvalue weighted by molar-refractivity contribution is 0.302. The van der Waals surface area contributed by atoms with E-state index in [0.29, 0.717) is 6.61 Å². The van der Waals surface area contributed by atoms with E-state index in [4.69, 9.17) is 4.74 Å². The minimum absolute atomic E-state index is 0.574. The van der Waals surface area contributed by atoms with E-state index in [1.807, 2.05) is 12.1 Å². The first-order chi connectivity index (χ1) is 14.2. The average Bonchev–Trinajstić information content (AvgIpc) is 3.15. The molecule has 1 heterocycles. The zero-order valence-electron chi connectivity index (χ0n) is 16.5. The Bertz CT molecular complexity index is 1090. The number of aromatic nitrogens is 1. The predicted molar refractivity (Wildman–Crippen MR) is 123 cm³/mol. The zero-order valence-corrected chi connectivity index (χ0v) is 18.1. The van der Waals surface area contributed by atoms with Crippen LogP contribution >= 0.6 is 15.9 Å². The molecular weight excluding hydrogens is 424 g/mol. The van der Waals surface area contributed by atoms with Crippen LogP contribution in [0.4, 0.5) is 0 Å². The lowest BCUT2D eigenvalue weighted by atomic mass is 10.1. The number of aromatic amines is 1. The Morgan fingerprint density at radius 1 is 0.966 bits per heavy atom. The van der Waals surface area contributed by atoms with E-state index < -0.39 is 0 Å². The van der Waals surface area contributed by atoms with Crippen LogP contribution in [0.2, 0.25) is 0 Å². The smallest absolute Gasteiger partial charge is 0.124 e. The molecule has 0 spiro atoms. The predicted octanol–water partition coefficient (Wildman–Crippen LogP) is 6.15. The van der Waals surface area contributed by atoms with E-state index in [0.717, 1.165) is 35.3 Å². The number of nitrogens with one attached hydrogen (secondary N) is 2. The van der Waals surface area contributed by atoms with E-state index in [1.165, 1.54) is 27.6 Å². The van der Waals surface area contributed by atoms with E-state index in [2.05, 4.69) is 93.9 Å². The number of hydrogen-bond donors (Lipinski definition) is 2. The topological polar surface area (TPSA) is 37.0 Å². The SMILES string of the molecule is Cc1ccc(COc2ccc(Br)cc2CNCCc2c[nH]c3ccccc23)cc1. The van der Waals surface area contributed by atoms with Gasteiger partial charge in [-0.3, -0.25) is 0 Å². The molecule has 29 heavy (non-hydrogen) atoms. The lowest BCUT2D eigenvalue weighted by Gasteiger charge is -2.13. The number of halogens is 1. The van der Waals surface area contributed by atoms with Crippen molar-refractivity contribution in [2.75, 3.05) is 6.54 Å². The van der Waals surface area contributed by atoms with Crippen molar-refractivity contribution in [2.24, 2.45) is 0 Å². The third-order valence-electron chi connectivity index (χ3n) is 5.10. The van der Waals surface area contributed by atoms with Gasteiger partial charge in [-0.2, -0.15) is 0 Å². The highest BCUT2D eigenvalue weighted by atomic mass is 79.9. The fourth-order valence-corrected chi connectivity index (χ4v) is 3.87. The van der Waals surface area contributed by atoms with Crippen LogP contribution < -0.4 is 10.1 Å². The molecular formula is C25H25BrN2O. The first kappa shape index (κ1) is 19.7. The molecule has 0 radical (unpaired) electrons. The Morgan fingerprint density at radius 3 is 2.66 bits per heavy atom. The normalized spacial score (nSPS) is 11.1. The maximum absolute atomic E-state index is 6.11. The molecule has 0 unspecified atom stereocenters. The molecule has 4 aromatic rings. The largest absolute Gasteiger partial charge is 0.489 e. The van der Waals surface area contributed by atoms with Crippen molar-refractivity contribution in [2.45, 2.75) is 26.5 Å². The number of rotatable bonds is 8. The van der Waals surface area contributed by atoms with Gasteiger partial charge in [-0.05, 0) is 55.3 Å².